The van der Waals surface area contributed by atoms with Crippen LogP contribution in [0.1, 0.15) is 0 Å². The lowest BCUT2D eigenvalue weighted by molar-refractivity contribution is -0.00000366. The van der Waals surface area contributed by atoms with Crippen LogP contribution in [0.4, 0.5) is 5.69 Å². The van der Waals surface area contributed by atoms with Crippen molar-refractivity contribution in [1.29, 1.82) is 0 Å². The Balaban J connectivity index is 0.00000120. The lowest BCUT2D eigenvalue weighted by Crippen LogP contribution is -3.00. The van der Waals surface area contributed by atoms with E-state index in [1.807, 2.05) is 0 Å². The van der Waals surface area contributed by atoms with Crippen LogP contribution in [0.2, 0.25) is 0 Å². The molecular formula is C15H17IN2. The minimum absolute atomic E-state index is 0. The Labute approximate surface area is 124 Å². The quantitative estimate of drug-likeness (QED) is 0.486. The SMILES string of the molecule is C[N+](C)(C)c1ccc2c(c1)[nH]c1ccccc12.[I-]. The van der Waals surface area contributed by atoms with Gasteiger partial charge in [-0.25, -0.2) is 0 Å². The van der Waals surface area contributed by atoms with Crippen molar-refractivity contribution in [3.63, 3.8) is 0 Å². The number of hydrogen-bond acceptors (Lipinski definition) is 0. The Bertz CT molecular complexity index is 692. The summed E-state index contributed by atoms with van der Waals surface area (Å²) in [4.78, 5) is 3.48. The summed E-state index contributed by atoms with van der Waals surface area (Å²) in [6.07, 6.45) is 0. The van der Waals surface area contributed by atoms with Gasteiger partial charge in [0.25, 0.3) is 0 Å². The molecule has 3 rings (SSSR count). The van der Waals surface area contributed by atoms with Gasteiger partial charge in [0.1, 0.15) is 5.69 Å². The van der Waals surface area contributed by atoms with Gasteiger partial charge in [-0.05, 0) is 18.2 Å². The van der Waals surface area contributed by atoms with E-state index in [4.69, 9.17) is 0 Å². The first-order valence-electron chi connectivity index (χ1n) is 5.88. The number of nitrogens with zero attached hydrogens (tertiary/aromatic N) is 1. The molecule has 18 heavy (non-hydrogen) atoms. The fourth-order valence-electron chi connectivity index (χ4n) is 2.26. The topological polar surface area (TPSA) is 15.8 Å². The largest absolute Gasteiger partial charge is 1.00 e. The maximum absolute atomic E-state index is 3.48. The van der Waals surface area contributed by atoms with E-state index in [-0.39, 0.29) is 24.0 Å². The van der Waals surface area contributed by atoms with E-state index in [0.717, 1.165) is 4.48 Å². The van der Waals surface area contributed by atoms with E-state index in [2.05, 4.69) is 68.6 Å². The molecule has 2 aromatic carbocycles. The highest BCUT2D eigenvalue weighted by molar-refractivity contribution is 6.07. The molecule has 1 N–H and O–H groups in total. The maximum atomic E-state index is 3.48. The number of quaternary nitrogens is 1. The number of benzene rings is 2. The third-order valence-electron chi connectivity index (χ3n) is 3.26. The highest BCUT2D eigenvalue weighted by Gasteiger charge is 2.13. The third-order valence-corrected chi connectivity index (χ3v) is 3.26. The molecule has 94 valence electrons. The van der Waals surface area contributed by atoms with Crippen LogP contribution >= 0.6 is 0 Å². The Hall–Kier alpha value is -1.07. The predicted octanol–water partition coefficient (Wildman–Crippen LogP) is 0.522. The molecule has 0 aliphatic carbocycles. The molecule has 3 aromatic rings. The van der Waals surface area contributed by atoms with E-state index in [9.17, 15) is 0 Å². The standard InChI is InChI=1S/C15H17N2.HI/c1-17(2,3)11-8-9-13-12-6-4-5-7-14(12)16-15(13)10-11;/h4-10,16H,1-3H3;1H/q+1;/p-1. The number of halogens is 1. The minimum atomic E-state index is 0. The number of aromatic amines is 1. The van der Waals surface area contributed by atoms with Gasteiger partial charge >= 0.3 is 0 Å². The summed E-state index contributed by atoms with van der Waals surface area (Å²) < 4.78 is 0.839. The summed E-state index contributed by atoms with van der Waals surface area (Å²) >= 11 is 0. The number of aromatic nitrogens is 1. The molecule has 0 atom stereocenters. The van der Waals surface area contributed by atoms with E-state index in [1.165, 1.54) is 27.5 Å². The van der Waals surface area contributed by atoms with Crippen molar-refractivity contribution in [2.75, 3.05) is 21.1 Å². The van der Waals surface area contributed by atoms with Gasteiger partial charge in [0.15, 0.2) is 0 Å². The van der Waals surface area contributed by atoms with E-state index in [1.54, 1.807) is 0 Å². The first-order chi connectivity index (χ1) is 8.05. The molecule has 3 heteroatoms. The third kappa shape index (κ3) is 2.12. The molecule has 0 bridgehead atoms. The average Bonchev–Trinajstić information content (AvgIpc) is 2.65. The van der Waals surface area contributed by atoms with Crippen molar-refractivity contribution in [1.82, 2.24) is 9.47 Å². The molecule has 0 aliphatic heterocycles. The molecule has 2 nitrogen and oxygen atoms in total. The smallest absolute Gasteiger partial charge is 0.134 e. The van der Waals surface area contributed by atoms with Gasteiger partial charge in [0.05, 0.1) is 26.7 Å². The monoisotopic (exact) mass is 352 g/mol. The fraction of sp³-hybridized carbons (Fsp3) is 0.200. The predicted molar refractivity (Wildman–Crippen MR) is 75.4 cm³/mol. The van der Waals surface area contributed by atoms with Crippen molar-refractivity contribution in [3.05, 3.63) is 42.5 Å². The molecular weight excluding hydrogens is 335 g/mol. The summed E-state index contributed by atoms with van der Waals surface area (Å²) in [5.74, 6) is 0. The first-order valence-corrected chi connectivity index (χ1v) is 5.88. The molecule has 0 saturated carbocycles. The zero-order valence-corrected chi connectivity index (χ0v) is 13.0. The summed E-state index contributed by atoms with van der Waals surface area (Å²) in [6, 6.07) is 15.1. The van der Waals surface area contributed by atoms with Gasteiger partial charge in [-0.3, -0.25) is 4.48 Å². The molecule has 0 spiro atoms. The Morgan fingerprint density at radius 3 is 2.22 bits per heavy atom. The second-order valence-corrected chi connectivity index (χ2v) is 5.41. The van der Waals surface area contributed by atoms with E-state index in [0.29, 0.717) is 0 Å². The van der Waals surface area contributed by atoms with Crippen LogP contribution in [0.15, 0.2) is 42.5 Å². The number of H-pyrrole nitrogens is 1. The maximum Gasteiger partial charge on any atom is 0.134 e. The minimum Gasteiger partial charge on any atom is -1.00 e. The van der Waals surface area contributed by atoms with Crippen molar-refractivity contribution in [3.8, 4) is 0 Å². The van der Waals surface area contributed by atoms with Gasteiger partial charge in [0, 0.05) is 22.4 Å². The second-order valence-electron chi connectivity index (χ2n) is 5.41. The molecule has 1 heterocycles. The van der Waals surface area contributed by atoms with Crippen molar-refractivity contribution in [2.45, 2.75) is 0 Å². The molecule has 0 fully saturated rings. The summed E-state index contributed by atoms with van der Waals surface area (Å²) in [7, 11) is 6.55. The van der Waals surface area contributed by atoms with E-state index < -0.39 is 0 Å². The molecule has 0 unspecified atom stereocenters. The van der Waals surface area contributed by atoms with Crippen molar-refractivity contribution < 1.29 is 24.0 Å². The van der Waals surface area contributed by atoms with Crippen LogP contribution in [0.5, 0.6) is 0 Å². The number of nitrogens with one attached hydrogen (secondary N) is 1. The lowest BCUT2D eigenvalue weighted by Gasteiger charge is -2.23. The molecule has 0 saturated heterocycles. The van der Waals surface area contributed by atoms with Crippen LogP contribution in [0, 0.1) is 0 Å². The van der Waals surface area contributed by atoms with Crippen molar-refractivity contribution >= 4 is 27.5 Å². The molecule has 0 aliphatic rings. The number of hydrogen-bond donors (Lipinski definition) is 1. The van der Waals surface area contributed by atoms with Crippen LogP contribution in [-0.2, 0) is 0 Å². The Morgan fingerprint density at radius 1 is 0.833 bits per heavy atom. The summed E-state index contributed by atoms with van der Waals surface area (Å²) in [6.45, 7) is 0. The highest BCUT2D eigenvalue weighted by Crippen LogP contribution is 2.29. The Kier molecular flexibility index (Phi) is 3.38. The van der Waals surface area contributed by atoms with Crippen LogP contribution in [0.25, 0.3) is 21.8 Å². The number of para-hydroxylation sites is 1. The second kappa shape index (κ2) is 4.55. The lowest BCUT2D eigenvalue weighted by atomic mass is 10.1. The number of fused-ring (bicyclic) bond motifs is 3. The number of rotatable bonds is 1. The van der Waals surface area contributed by atoms with Gasteiger partial charge in [-0.2, -0.15) is 0 Å². The van der Waals surface area contributed by atoms with E-state index >= 15 is 0 Å². The molecule has 1 aromatic heterocycles. The normalized spacial score (nSPS) is 11.7. The molecule has 0 radical (unpaired) electrons. The van der Waals surface area contributed by atoms with Crippen LogP contribution in [-0.4, -0.2) is 26.1 Å². The first kappa shape index (κ1) is 13.4. The van der Waals surface area contributed by atoms with Gasteiger partial charge < -0.3 is 29.0 Å². The van der Waals surface area contributed by atoms with Crippen molar-refractivity contribution in [2.24, 2.45) is 0 Å². The average molecular weight is 352 g/mol. The Morgan fingerprint density at radius 2 is 1.50 bits per heavy atom. The zero-order valence-electron chi connectivity index (χ0n) is 10.9. The fourth-order valence-corrected chi connectivity index (χ4v) is 2.26. The van der Waals surface area contributed by atoms with Crippen LogP contribution < -0.4 is 28.5 Å². The van der Waals surface area contributed by atoms with Gasteiger partial charge in [0.2, 0.25) is 0 Å². The highest BCUT2D eigenvalue weighted by atomic mass is 127. The van der Waals surface area contributed by atoms with Crippen LogP contribution in [0.3, 0.4) is 0 Å². The van der Waals surface area contributed by atoms with Gasteiger partial charge in [-0.15, -0.1) is 0 Å². The zero-order chi connectivity index (χ0) is 12.0. The molecule has 0 amide bonds. The summed E-state index contributed by atoms with van der Waals surface area (Å²) in [5.41, 5.74) is 3.74. The summed E-state index contributed by atoms with van der Waals surface area (Å²) in [5, 5.41) is 2.60. The van der Waals surface area contributed by atoms with Gasteiger partial charge in [-0.1, -0.05) is 18.2 Å².